The maximum absolute atomic E-state index is 12.4. The number of nitrogens with zero attached hydrogens (tertiary/aromatic N) is 4. The van der Waals surface area contributed by atoms with E-state index in [1.54, 1.807) is 19.3 Å². The van der Waals surface area contributed by atoms with Crippen LogP contribution in [0.1, 0.15) is 36.0 Å². The van der Waals surface area contributed by atoms with Crippen LogP contribution < -0.4 is 10.2 Å². The Labute approximate surface area is 161 Å². The number of amides is 2. The van der Waals surface area contributed by atoms with E-state index in [0.29, 0.717) is 12.0 Å². The van der Waals surface area contributed by atoms with E-state index in [9.17, 15) is 9.59 Å². The van der Waals surface area contributed by atoms with E-state index in [4.69, 9.17) is 0 Å². The van der Waals surface area contributed by atoms with Gasteiger partial charge in [0.2, 0.25) is 5.91 Å². The number of anilines is 1. The predicted molar refractivity (Wildman–Crippen MR) is 106 cm³/mol. The molecule has 7 heteroatoms. The molecule has 1 unspecified atom stereocenters. The molecule has 27 heavy (non-hydrogen) atoms. The van der Waals surface area contributed by atoms with Gasteiger partial charge >= 0.3 is 0 Å². The lowest BCUT2D eigenvalue weighted by Crippen LogP contribution is -2.55. The van der Waals surface area contributed by atoms with Crippen LogP contribution in [-0.2, 0) is 4.79 Å². The van der Waals surface area contributed by atoms with Gasteiger partial charge in [-0.1, -0.05) is 0 Å². The first-order valence-electron chi connectivity index (χ1n) is 9.78. The number of aromatic nitrogens is 1. The molecule has 7 nitrogen and oxygen atoms in total. The first kappa shape index (κ1) is 19.6. The number of carbonyl (C=O) groups excluding carboxylic acids is 2. The molecule has 148 valence electrons. The Morgan fingerprint density at radius 2 is 2.15 bits per heavy atom. The van der Waals surface area contributed by atoms with Crippen molar-refractivity contribution < 1.29 is 9.59 Å². The van der Waals surface area contributed by atoms with Gasteiger partial charge < -0.3 is 20.0 Å². The fraction of sp³-hybridized carbons (Fsp3) is 0.650. The highest BCUT2D eigenvalue weighted by molar-refractivity contribution is 5.94. The molecule has 1 N–H and O–H groups in total. The summed E-state index contributed by atoms with van der Waals surface area (Å²) < 4.78 is 0. The van der Waals surface area contributed by atoms with E-state index in [1.165, 1.54) is 0 Å². The van der Waals surface area contributed by atoms with Crippen molar-refractivity contribution in [3.05, 3.63) is 23.9 Å². The minimum absolute atomic E-state index is 0.0940. The zero-order valence-electron chi connectivity index (χ0n) is 16.7. The van der Waals surface area contributed by atoms with Gasteiger partial charge in [0.1, 0.15) is 5.82 Å². The van der Waals surface area contributed by atoms with E-state index >= 15 is 0 Å². The van der Waals surface area contributed by atoms with Gasteiger partial charge in [0.25, 0.3) is 5.91 Å². The quantitative estimate of drug-likeness (QED) is 0.840. The summed E-state index contributed by atoms with van der Waals surface area (Å²) in [5, 5.41) is 2.67. The van der Waals surface area contributed by atoms with Crippen LogP contribution in [0.2, 0.25) is 0 Å². The van der Waals surface area contributed by atoms with Crippen molar-refractivity contribution in [3.8, 4) is 0 Å². The molecule has 2 saturated heterocycles. The number of pyridine rings is 1. The lowest BCUT2D eigenvalue weighted by atomic mass is 9.73. The molecule has 0 aromatic carbocycles. The standard InChI is InChI=1S/C20H31N5O2/c1-21-19(27)16-6-9-22-17(13-16)24-10-4-7-20(14-24)8-5-18(26)25(15-20)12-11-23(2)3/h6,9,13H,4-5,7-8,10-12,14-15H2,1-3H3,(H,21,27). The highest BCUT2D eigenvalue weighted by atomic mass is 16.2. The van der Waals surface area contributed by atoms with E-state index in [-0.39, 0.29) is 17.2 Å². The second-order valence-electron chi connectivity index (χ2n) is 8.13. The van der Waals surface area contributed by atoms with Crippen molar-refractivity contribution in [1.29, 1.82) is 0 Å². The summed E-state index contributed by atoms with van der Waals surface area (Å²) in [6, 6.07) is 3.61. The third-order valence-electron chi connectivity index (χ3n) is 5.79. The number of hydrogen-bond donors (Lipinski definition) is 1. The molecule has 2 amide bonds. The highest BCUT2D eigenvalue weighted by Crippen LogP contribution is 2.39. The summed E-state index contributed by atoms with van der Waals surface area (Å²) >= 11 is 0. The van der Waals surface area contributed by atoms with E-state index < -0.39 is 0 Å². The zero-order valence-corrected chi connectivity index (χ0v) is 16.7. The van der Waals surface area contributed by atoms with E-state index in [1.807, 2.05) is 25.1 Å². The minimum Gasteiger partial charge on any atom is -0.356 e. The normalized spacial score (nSPS) is 23.2. The molecule has 2 aliphatic heterocycles. The molecule has 3 rings (SSSR count). The first-order valence-corrected chi connectivity index (χ1v) is 9.78. The molecule has 2 aliphatic rings. The molecule has 1 aromatic rings. The number of rotatable bonds is 5. The topological polar surface area (TPSA) is 68.8 Å². The van der Waals surface area contributed by atoms with Crippen molar-refractivity contribution in [3.63, 3.8) is 0 Å². The van der Waals surface area contributed by atoms with Crippen molar-refractivity contribution >= 4 is 17.6 Å². The average molecular weight is 374 g/mol. The summed E-state index contributed by atoms with van der Waals surface area (Å²) in [5.74, 6) is 1.04. The number of carbonyl (C=O) groups is 2. The largest absolute Gasteiger partial charge is 0.356 e. The van der Waals surface area contributed by atoms with Crippen LogP contribution in [0.5, 0.6) is 0 Å². The van der Waals surface area contributed by atoms with E-state index in [2.05, 4.69) is 20.1 Å². The predicted octanol–water partition coefficient (Wildman–Crippen LogP) is 1.21. The minimum atomic E-state index is -0.0940. The summed E-state index contributed by atoms with van der Waals surface area (Å²) in [7, 11) is 5.72. The Morgan fingerprint density at radius 1 is 1.33 bits per heavy atom. The molecule has 0 aliphatic carbocycles. The summed E-state index contributed by atoms with van der Waals surface area (Å²) in [6.45, 7) is 4.34. The van der Waals surface area contributed by atoms with Crippen LogP contribution in [0.15, 0.2) is 18.3 Å². The molecule has 1 spiro atoms. The maximum Gasteiger partial charge on any atom is 0.251 e. The molecular weight excluding hydrogens is 342 g/mol. The zero-order chi connectivity index (χ0) is 19.4. The third-order valence-corrected chi connectivity index (χ3v) is 5.79. The Bertz CT molecular complexity index is 693. The van der Waals surface area contributed by atoms with Crippen molar-refractivity contribution in [2.75, 3.05) is 58.8 Å². The average Bonchev–Trinajstić information content (AvgIpc) is 2.68. The van der Waals surface area contributed by atoms with E-state index in [0.717, 1.165) is 57.8 Å². The molecule has 0 radical (unpaired) electrons. The Hall–Kier alpha value is -2.15. The molecule has 0 bridgehead atoms. The van der Waals surface area contributed by atoms with Gasteiger partial charge in [0.05, 0.1) is 0 Å². The van der Waals surface area contributed by atoms with Gasteiger partial charge in [0.15, 0.2) is 0 Å². The van der Waals surface area contributed by atoms with Gasteiger partial charge in [-0.2, -0.15) is 0 Å². The third kappa shape index (κ3) is 4.58. The fourth-order valence-electron chi connectivity index (χ4n) is 4.24. The molecule has 1 atom stereocenters. The van der Waals surface area contributed by atoms with Gasteiger partial charge in [-0.15, -0.1) is 0 Å². The van der Waals surface area contributed by atoms with Crippen LogP contribution in [0, 0.1) is 5.41 Å². The number of piperidine rings is 2. The van der Waals surface area contributed by atoms with Gasteiger partial charge in [-0.05, 0) is 45.5 Å². The number of nitrogens with one attached hydrogen (secondary N) is 1. The smallest absolute Gasteiger partial charge is 0.251 e. The maximum atomic E-state index is 12.4. The molecule has 1 aromatic heterocycles. The Balaban J connectivity index is 1.73. The Kier molecular flexibility index (Phi) is 5.99. The van der Waals surface area contributed by atoms with Crippen LogP contribution in [0.25, 0.3) is 0 Å². The van der Waals surface area contributed by atoms with Crippen molar-refractivity contribution in [1.82, 2.24) is 20.1 Å². The van der Waals surface area contributed by atoms with Crippen molar-refractivity contribution in [2.45, 2.75) is 25.7 Å². The van der Waals surface area contributed by atoms with Crippen LogP contribution in [-0.4, -0.2) is 80.5 Å². The fourth-order valence-corrected chi connectivity index (χ4v) is 4.24. The number of likely N-dealkylation sites (tertiary alicyclic amines) is 1. The van der Waals surface area contributed by atoms with Gasteiger partial charge in [-0.3, -0.25) is 9.59 Å². The summed E-state index contributed by atoms with van der Waals surface area (Å²) in [6.07, 6.45) is 5.50. The number of hydrogen-bond acceptors (Lipinski definition) is 5. The molecule has 3 heterocycles. The summed E-state index contributed by atoms with van der Waals surface area (Å²) in [4.78, 5) is 35.3. The van der Waals surface area contributed by atoms with Crippen LogP contribution in [0.4, 0.5) is 5.82 Å². The lowest BCUT2D eigenvalue weighted by molar-refractivity contribution is -0.138. The number of likely N-dealkylation sites (N-methyl/N-ethyl adjacent to an activating group) is 1. The first-order chi connectivity index (χ1) is 12.9. The van der Waals surface area contributed by atoms with Crippen molar-refractivity contribution in [2.24, 2.45) is 5.41 Å². The van der Waals surface area contributed by atoms with Crippen LogP contribution >= 0.6 is 0 Å². The lowest BCUT2D eigenvalue weighted by Gasteiger charge is -2.48. The molecular formula is C20H31N5O2. The molecule has 2 fully saturated rings. The molecule has 0 saturated carbocycles. The van der Waals surface area contributed by atoms with Gasteiger partial charge in [0, 0.05) is 63.4 Å². The second kappa shape index (κ2) is 8.25. The highest BCUT2D eigenvalue weighted by Gasteiger charge is 2.41. The monoisotopic (exact) mass is 373 g/mol. The van der Waals surface area contributed by atoms with Crippen LogP contribution in [0.3, 0.4) is 0 Å². The summed E-state index contributed by atoms with van der Waals surface area (Å²) in [5.41, 5.74) is 0.761. The Morgan fingerprint density at radius 3 is 2.89 bits per heavy atom. The van der Waals surface area contributed by atoms with Gasteiger partial charge in [-0.25, -0.2) is 4.98 Å². The second-order valence-corrected chi connectivity index (χ2v) is 8.13. The SMILES string of the molecule is CNC(=O)c1ccnc(N2CCCC3(CCC(=O)N(CCN(C)C)C3)C2)c1.